The van der Waals surface area contributed by atoms with E-state index in [1.807, 2.05) is 69.5 Å². The number of carboxylic acid groups (broad SMARTS) is 1. The average molecular weight is 839 g/mol. The summed E-state index contributed by atoms with van der Waals surface area (Å²) >= 11 is 0. The lowest BCUT2D eigenvalue weighted by Gasteiger charge is -2.35. The molecule has 60 heavy (non-hydrogen) atoms. The zero-order chi connectivity index (χ0) is 42.3. The van der Waals surface area contributed by atoms with E-state index in [1.165, 1.54) is 6.07 Å². The van der Waals surface area contributed by atoms with Gasteiger partial charge in [-0.3, -0.25) is 9.69 Å². The van der Waals surface area contributed by atoms with Crippen LogP contribution < -0.4 is 14.8 Å². The van der Waals surface area contributed by atoms with Crippen molar-refractivity contribution in [3.63, 3.8) is 0 Å². The number of aromatic nitrogens is 2. The number of nitrogens with one attached hydrogen (secondary N) is 1. The van der Waals surface area contributed by atoms with Crippen LogP contribution in [0.3, 0.4) is 0 Å². The zero-order valence-electron chi connectivity index (χ0n) is 33.4. The third-order valence-corrected chi connectivity index (χ3v) is 12.6. The van der Waals surface area contributed by atoms with Gasteiger partial charge in [-0.2, -0.15) is 8.78 Å². The fourth-order valence-corrected chi connectivity index (χ4v) is 8.94. The average Bonchev–Trinajstić information content (AvgIpc) is 3.96. The smallest absolute Gasteiger partial charge is 0.387 e. The van der Waals surface area contributed by atoms with Crippen LogP contribution in [0, 0.1) is 12.8 Å². The van der Waals surface area contributed by atoms with Crippen LogP contribution >= 0.6 is 0 Å². The minimum atomic E-state index is -3.35. The second-order valence-corrected chi connectivity index (χ2v) is 17.4. The molecule has 2 aromatic heterocycles. The number of carbonyl (C=O) groups is 1. The summed E-state index contributed by atoms with van der Waals surface area (Å²) in [5, 5.41) is 13.0. The first-order valence-electron chi connectivity index (χ1n) is 19.6. The van der Waals surface area contributed by atoms with Crippen LogP contribution in [0.5, 0.6) is 11.5 Å². The van der Waals surface area contributed by atoms with E-state index in [4.69, 9.17) is 28.3 Å². The largest absolute Gasteiger partial charge is 0.488 e. The van der Waals surface area contributed by atoms with E-state index in [0.29, 0.717) is 53.9 Å². The van der Waals surface area contributed by atoms with Crippen molar-refractivity contribution in [3.05, 3.63) is 131 Å². The van der Waals surface area contributed by atoms with Gasteiger partial charge in [0.25, 0.3) is 0 Å². The van der Waals surface area contributed by atoms with Crippen LogP contribution in [0.1, 0.15) is 59.4 Å². The molecule has 1 saturated heterocycles. The summed E-state index contributed by atoms with van der Waals surface area (Å²) in [5.74, 6) is -0.456. The summed E-state index contributed by atoms with van der Waals surface area (Å²) in [7, 11) is -1.53. The molecule has 6 aromatic rings. The molecule has 3 atom stereocenters. The van der Waals surface area contributed by atoms with Gasteiger partial charge in [0.2, 0.25) is 11.8 Å². The highest BCUT2D eigenvalue weighted by Crippen LogP contribution is 2.50. The SMILES string of the molecule is CNCc1cc2nc(C3(c4nc5cc(CN6CCC[C@H]6C(=O)O)c(OC(F)F)cc5o4)C=CC=C(c4ccccc4C)C3C)oc2cc1OCc1ccc(S(C)(=O)=O)cc1. The molecule has 312 valence electrons. The molecule has 4 aromatic carbocycles. The first kappa shape index (κ1) is 40.9. The van der Waals surface area contributed by atoms with Gasteiger partial charge in [0.15, 0.2) is 21.0 Å². The number of alkyl halides is 2. The molecular weight excluding hydrogens is 795 g/mol. The number of hydrogen-bond acceptors (Lipinski definition) is 11. The van der Waals surface area contributed by atoms with Crippen LogP contribution in [0.25, 0.3) is 27.8 Å². The molecule has 1 fully saturated rings. The highest BCUT2D eigenvalue weighted by Gasteiger charge is 2.49. The Labute approximate surface area is 345 Å². The molecule has 3 heterocycles. The van der Waals surface area contributed by atoms with Crippen LogP contribution in [-0.4, -0.2) is 66.9 Å². The molecule has 15 heteroatoms. The van der Waals surface area contributed by atoms with E-state index in [9.17, 15) is 27.1 Å². The number of hydrogen-bond donors (Lipinski definition) is 2. The lowest BCUT2D eigenvalue weighted by molar-refractivity contribution is -0.142. The van der Waals surface area contributed by atoms with E-state index in [0.717, 1.165) is 34.1 Å². The first-order chi connectivity index (χ1) is 28.7. The normalized spacial score (nSPS) is 19.7. The minimum Gasteiger partial charge on any atom is -0.488 e. The van der Waals surface area contributed by atoms with Gasteiger partial charge in [0, 0.05) is 48.5 Å². The molecule has 2 N–H and O–H groups in total. The third-order valence-electron chi connectivity index (χ3n) is 11.4. The molecule has 0 bridgehead atoms. The predicted molar refractivity (Wildman–Crippen MR) is 221 cm³/mol. The Bertz CT molecular complexity index is 2760. The number of allylic oxidation sites excluding steroid dienone is 4. The van der Waals surface area contributed by atoms with E-state index >= 15 is 0 Å². The maximum absolute atomic E-state index is 13.8. The molecule has 1 aliphatic heterocycles. The quantitative estimate of drug-likeness (QED) is 0.109. The monoisotopic (exact) mass is 838 g/mol. The number of carboxylic acids is 1. The second-order valence-electron chi connectivity index (χ2n) is 15.4. The number of oxazole rings is 2. The molecule has 0 spiro atoms. The number of ether oxygens (including phenoxy) is 2. The fraction of sp³-hybridized carbons (Fsp3) is 0.311. The summed E-state index contributed by atoms with van der Waals surface area (Å²) in [6, 6.07) is 20.5. The highest BCUT2D eigenvalue weighted by atomic mass is 32.2. The van der Waals surface area contributed by atoms with E-state index in [1.54, 1.807) is 41.3 Å². The van der Waals surface area contributed by atoms with E-state index in [-0.39, 0.29) is 47.1 Å². The van der Waals surface area contributed by atoms with Crippen molar-refractivity contribution in [3.8, 4) is 11.5 Å². The maximum atomic E-state index is 13.8. The standard InChI is InChI=1S/C45H44F2N4O8S/c1-26-9-5-6-10-32(26)33-11-7-17-45(27(33)2,43-50-35-20-30(24-51-18-8-12-36(51)41(52)53)38(59-44(46)47)22-40(35)58-43)42-49-34-19-29(23-48-3)37(21-39(34)57-42)56-25-28-13-15-31(16-14-28)60(4,54)55/h5-7,9-11,13-17,19-22,27,36,44,48H,8,12,18,23-25H2,1-4H3,(H,52,53)/t27?,36-,45?/m0/s1. The number of sulfone groups is 1. The first-order valence-corrected chi connectivity index (χ1v) is 21.5. The summed E-state index contributed by atoms with van der Waals surface area (Å²) in [6.45, 7) is 2.11. The van der Waals surface area contributed by atoms with Crippen LogP contribution in [0.15, 0.2) is 105 Å². The van der Waals surface area contributed by atoms with Crippen LogP contribution in [0.2, 0.25) is 0 Å². The molecule has 0 saturated carbocycles. The number of aryl methyl sites for hydroxylation is 1. The number of fused-ring (bicyclic) bond motifs is 2. The van der Waals surface area contributed by atoms with Gasteiger partial charge in [0.1, 0.15) is 40.6 Å². The lowest BCUT2D eigenvalue weighted by Crippen LogP contribution is -2.36. The number of rotatable bonds is 14. The van der Waals surface area contributed by atoms with E-state index < -0.39 is 33.9 Å². The highest BCUT2D eigenvalue weighted by molar-refractivity contribution is 7.90. The second kappa shape index (κ2) is 16.3. The fourth-order valence-electron chi connectivity index (χ4n) is 8.31. The Morgan fingerprint density at radius 1 is 1.00 bits per heavy atom. The molecule has 1 aliphatic carbocycles. The number of benzene rings is 4. The van der Waals surface area contributed by atoms with Crippen molar-refractivity contribution < 1.29 is 45.4 Å². The van der Waals surface area contributed by atoms with Crippen molar-refractivity contribution >= 4 is 43.6 Å². The summed E-state index contributed by atoms with van der Waals surface area (Å²) in [6.07, 6.45) is 8.16. The van der Waals surface area contributed by atoms with Crippen molar-refractivity contribution in [2.75, 3.05) is 19.8 Å². The Morgan fingerprint density at radius 3 is 2.30 bits per heavy atom. The molecule has 0 radical (unpaired) electrons. The van der Waals surface area contributed by atoms with Gasteiger partial charge in [-0.15, -0.1) is 0 Å². The molecule has 2 unspecified atom stereocenters. The third kappa shape index (κ3) is 7.80. The predicted octanol–water partition coefficient (Wildman–Crippen LogP) is 8.21. The topological polar surface area (TPSA) is 157 Å². The number of halogens is 2. The molecular formula is C45H44F2N4O8S. The summed E-state index contributed by atoms with van der Waals surface area (Å²) in [4.78, 5) is 24.1. The number of nitrogens with zero attached hydrogens (tertiary/aromatic N) is 3. The van der Waals surface area contributed by atoms with Crippen molar-refractivity contribution in [1.29, 1.82) is 0 Å². The molecule has 0 amide bonds. The van der Waals surface area contributed by atoms with Crippen molar-refractivity contribution in [2.45, 2.75) is 69.3 Å². The Kier molecular flexibility index (Phi) is 11.1. The van der Waals surface area contributed by atoms with Crippen LogP contribution in [0.4, 0.5) is 8.78 Å². The maximum Gasteiger partial charge on any atom is 0.387 e. The van der Waals surface area contributed by atoms with Gasteiger partial charge in [-0.05, 0) is 79.9 Å². The molecule has 12 nitrogen and oxygen atoms in total. The van der Waals surface area contributed by atoms with E-state index in [2.05, 4.69) is 5.32 Å². The lowest BCUT2D eigenvalue weighted by atomic mass is 9.67. The van der Waals surface area contributed by atoms with Gasteiger partial charge >= 0.3 is 12.6 Å². The zero-order valence-corrected chi connectivity index (χ0v) is 34.3. The minimum absolute atomic E-state index is 0.0647. The molecule has 8 rings (SSSR count). The van der Waals surface area contributed by atoms with Gasteiger partial charge in [0.05, 0.1) is 4.90 Å². The molecule has 2 aliphatic rings. The Balaban J connectivity index is 1.24. The Morgan fingerprint density at radius 2 is 1.67 bits per heavy atom. The van der Waals surface area contributed by atoms with Gasteiger partial charge in [-0.1, -0.05) is 61.5 Å². The van der Waals surface area contributed by atoms with Crippen LogP contribution in [-0.2, 0) is 39.7 Å². The summed E-state index contributed by atoms with van der Waals surface area (Å²) < 4.78 is 76.2. The number of likely N-dealkylation sites (tertiary alicyclic amines) is 1. The van der Waals surface area contributed by atoms with Crippen molar-refractivity contribution in [1.82, 2.24) is 20.2 Å². The van der Waals surface area contributed by atoms with Gasteiger partial charge in [-0.25, -0.2) is 18.4 Å². The Hall–Kier alpha value is -5.90. The van der Waals surface area contributed by atoms with Crippen molar-refractivity contribution in [2.24, 2.45) is 5.92 Å². The summed E-state index contributed by atoms with van der Waals surface area (Å²) in [5.41, 5.74) is 5.28. The number of aliphatic carboxylic acids is 1. The van der Waals surface area contributed by atoms with Gasteiger partial charge < -0.3 is 28.7 Å².